The van der Waals surface area contributed by atoms with E-state index in [1.165, 1.54) is 18.9 Å². The van der Waals surface area contributed by atoms with Crippen molar-refractivity contribution in [1.29, 1.82) is 0 Å². The Balaban J connectivity index is 1.83. The van der Waals surface area contributed by atoms with Crippen molar-refractivity contribution in [3.63, 3.8) is 0 Å². The van der Waals surface area contributed by atoms with Gasteiger partial charge in [-0.05, 0) is 32.4 Å². The quantitative estimate of drug-likeness (QED) is 0.572. The molecule has 0 saturated heterocycles. The van der Waals surface area contributed by atoms with Gasteiger partial charge in [0.1, 0.15) is 5.82 Å². The van der Waals surface area contributed by atoms with Crippen LogP contribution in [0.4, 0.5) is 4.39 Å². The van der Waals surface area contributed by atoms with Gasteiger partial charge in [-0.15, -0.1) is 0 Å². The van der Waals surface area contributed by atoms with E-state index >= 15 is 0 Å². The highest BCUT2D eigenvalue weighted by atomic mass is 19.1. The molecule has 0 heterocycles. The van der Waals surface area contributed by atoms with Gasteiger partial charge >= 0.3 is 0 Å². The van der Waals surface area contributed by atoms with Crippen LogP contribution in [-0.4, -0.2) is 43.1 Å². The van der Waals surface area contributed by atoms with Crippen LogP contribution in [0.5, 0.6) is 0 Å². The van der Waals surface area contributed by atoms with Gasteiger partial charge in [0.05, 0.1) is 6.54 Å². The number of hydrogen-bond donors (Lipinski definition) is 2. The lowest BCUT2D eigenvalue weighted by molar-refractivity contribution is 0.282. The number of nitrogens with zero attached hydrogens (tertiary/aromatic N) is 2. The molecule has 0 unspecified atom stereocenters. The Hall–Kier alpha value is -1.62. The van der Waals surface area contributed by atoms with Crippen molar-refractivity contribution < 1.29 is 4.39 Å². The summed E-state index contributed by atoms with van der Waals surface area (Å²) in [5.41, 5.74) is 0.618. The van der Waals surface area contributed by atoms with E-state index in [1.807, 2.05) is 13.0 Å². The third-order valence-electron chi connectivity index (χ3n) is 3.87. The molecule has 1 aliphatic rings. The highest BCUT2D eigenvalue weighted by Gasteiger charge is 2.27. The third-order valence-corrected chi connectivity index (χ3v) is 3.87. The molecule has 1 aromatic rings. The van der Waals surface area contributed by atoms with Gasteiger partial charge in [0.15, 0.2) is 5.96 Å². The maximum atomic E-state index is 13.6. The molecule has 122 valence electrons. The molecule has 2 N–H and O–H groups in total. The predicted octanol–water partition coefficient (Wildman–Crippen LogP) is 2.37. The van der Waals surface area contributed by atoms with Crippen molar-refractivity contribution >= 4 is 5.96 Å². The maximum absolute atomic E-state index is 13.6. The Kier molecular flexibility index (Phi) is 6.65. The Labute approximate surface area is 132 Å². The molecule has 0 radical (unpaired) electrons. The molecule has 2 rings (SSSR count). The fourth-order valence-corrected chi connectivity index (χ4v) is 2.49. The number of nitrogens with one attached hydrogen (secondary N) is 2. The number of guanidine groups is 1. The normalized spacial score (nSPS) is 15.2. The fraction of sp³-hybridized carbons (Fsp3) is 0.588. The van der Waals surface area contributed by atoms with E-state index in [1.54, 1.807) is 12.1 Å². The summed E-state index contributed by atoms with van der Waals surface area (Å²) >= 11 is 0. The first kappa shape index (κ1) is 16.7. The van der Waals surface area contributed by atoms with E-state index in [4.69, 9.17) is 0 Å². The highest BCUT2D eigenvalue weighted by molar-refractivity contribution is 5.79. The average Bonchev–Trinajstić information content (AvgIpc) is 3.35. The SMILES string of the molecule is CCNC(=NCc1ccccc1F)NCCN(CC)C1CC1. The van der Waals surface area contributed by atoms with E-state index in [9.17, 15) is 4.39 Å². The Morgan fingerprint density at radius 2 is 2.05 bits per heavy atom. The predicted molar refractivity (Wildman–Crippen MR) is 89.5 cm³/mol. The van der Waals surface area contributed by atoms with Gasteiger partial charge in [0.25, 0.3) is 0 Å². The van der Waals surface area contributed by atoms with Crippen LogP contribution in [0.1, 0.15) is 32.3 Å². The smallest absolute Gasteiger partial charge is 0.191 e. The topological polar surface area (TPSA) is 39.7 Å². The summed E-state index contributed by atoms with van der Waals surface area (Å²) in [5, 5.41) is 6.54. The van der Waals surface area contributed by atoms with Crippen LogP contribution < -0.4 is 10.6 Å². The third kappa shape index (κ3) is 5.30. The summed E-state index contributed by atoms with van der Waals surface area (Å²) in [7, 11) is 0. The minimum Gasteiger partial charge on any atom is -0.357 e. The van der Waals surface area contributed by atoms with Gasteiger partial charge in [-0.3, -0.25) is 4.90 Å². The largest absolute Gasteiger partial charge is 0.357 e. The van der Waals surface area contributed by atoms with Crippen molar-refractivity contribution in [3.05, 3.63) is 35.6 Å². The van der Waals surface area contributed by atoms with Crippen molar-refractivity contribution in [2.24, 2.45) is 4.99 Å². The summed E-state index contributed by atoms with van der Waals surface area (Å²) in [6.07, 6.45) is 2.66. The Morgan fingerprint density at radius 3 is 2.68 bits per heavy atom. The molecule has 1 fully saturated rings. The van der Waals surface area contributed by atoms with E-state index in [2.05, 4.69) is 27.4 Å². The van der Waals surface area contributed by atoms with Gasteiger partial charge in [0.2, 0.25) is 0 Å². The molecule has 1 aliphatic carbocycles. The molecule has 22 heavy (non-hydrogen) atoms. The van der Waals surface area contributed by atoms with E-state index in [-0.39, 0.29) is 5.82 Å². The van der Waals surface area contributed by atoms with Gasteiger partial charge in [-0.25, -0.2) is 9.38 Å². The molecule has 5 heteroatoms. The molecule has 4 nitrogen and oxygen atoms in total. The Morgan fingerprint density at radius 1 is 1.27 bits per heavy atom. The fourth-order valence-electron chi connectivity index (χ4n) is 2.49. The van der Waals surface area contributed by atoms with Crippen LogP contribution in [0.15, 0.2) is 29.3 Å². The van der Waals surface area contributed by atoms with Crippen molar-refractivity contribution in [1.82, 2.24) is 15.5 Å². The molecular weight excluding hydrogens is 279 g/mol. The molecular formula is C17H27FN4. The van der Waals surface area contributed by atoms with Gasteiger partial charge in [-0.1, -0.05) is 25.1 Å². The summed E-state index contributed by atoms with van der Waals surface area (Å²) in [5.74, 6) is 0.547. The number of aliphatic imine (C=N–C) groups is 1. The molecule has 1 saturated carbocycles. The second-order valence-electron chi connectivity index (χ2n) is 5.57. The molecule has 0 spiro atoms. The van der Waals surface area contributed by atoms with Crippen LogP contribution in [0.25, 0.3) is 0 Å². The van der Waals surface area contributed by atoms with Crippen LogP contribution in [-0.2, 0) is 6.54 Å². The number of benzene rings is 1. The summed E-state index contributed by atoms with van der Waals surface area (Å²) < 4.78 is 13.6. The molecule has 0 aliphatic heterocycles. The molecule has 0 amide bonds. The lowest BCUT2D eigenvalue weighted by Gasteiger charge is -2.20. The molecule has 0 aromatic heterocycles. The maximum Gasteiger partial charge on any atom is 0.191 e. The number of likely N-dealkylation sites (N-methyl/N-ethyl adjacent to an activating group) is 1. The first-order valence-electron chi connectivity index (χ1n) is 8.24. The van der Waals surface area contributed by atoms with Gasteiger partial charge in [0, 0.05) is 31.2 Å². The zero-order chi connectivity index (χ0) is 15.8. The average molecular weight is 306 g/mol. The van der Waals surface area contributed by atoms with Gasteiger partial charge < -0.3 is 10.6 Å². The van der Waals surface area contributed by atoms with Crippen LogP contribution >= 0.6 is 0 Å². The first-order chi connectivity index (χ1) is 10.7. The minimum atomic E-state index is -0.201. The number of halogens is 1. The van der Waals surface area contributed by atoms with Crippen LogP contribution in [0.3, 0.4) is 0 Å². The molecule has 1 aromatic carbocycles. The Bertz CT molecular complexity index is 485. The second-order valence-corrected chi connectivity index (χ2v) is 5.57. The number of rotatable bonds is 8. The summed E-state index contributed by atoms with van der Waals surface area (Å²) in [4.78, 5) is 6.96. The summed E-state index contributed by atoms with van der Waals surface area (Å²) in [6, 6.07) is 7.56. The van der Waals surface area contributed by atoms with Crippen molar-refractivity contribution in [3.8, 4) is 0 Å². The zero-order valence-electron chi connectivity index (χ0n) is 13.6. The second kappa shape index (κ2) is 8.73. The highest BCUT2D eigenvalue weighted by Crippen LogP contribution is 2.25. The lowest BCUT2D eigenvalue weighted by Crippen LogP contribution is -2.42. The van der Waals surface area contributed by atoms with Crippen molar-refractivity contribution in [2.75, 3.05) is 26.2 Å². The van der Waals surface area contributed by atoms with Gasteiger partial charge in [-0.2, -0.15) is 0 Å². The first-order valence-corrected chi connectivity index (χ1v) is 8.24. The van der Waals surface area contributed by atoms with E-state index in [0.29, 0.717) is 12.1 Å². The number of hydrogen-bond acceptors (Lipinski definition) is 2. The monoisotopic (exact) mass is 306 g/mol. The van der Waals surface area contributed by atoms with Crippen molar-refractivity contribution in [2.45, 2.75) is 39.3 Å². The van der Waals surface area contributed by atoms with E-state index < -0.39 is 0 Å². The standard InChI is InChI=1S/C17H27FN4/c1-3-19-17(20-11-12-22(4-2)15-9-10-15)21-13-14-7-5-6-8-16(14)18/h5-8,15H,3-4,9-13H2,1-2H3,(H2,19,20,21). The molecule has 0 bridgehead atoms. The van der Waals surface area contributed by atoms with Crippen LogP contribution in [0.2, 0.25) is 0 Å². The minimum absolute atomic E-state index is 0.201. The van der Waals surface area contributed by atoms with Crippen LogP contribution in [0, 0.1) is 5.82 Å². The lowest BCUT2D eigenvalue weighted by atomic mass is 10.2. The zero-order valence-corrected chi connectivity index (χ0v) is 13.6. The summed E-state index contributed by atoms with van der Waals surface area (Å²) in [6.45, 7) is 8.35. The van der Waals surface area contributed by atoms with E-state index in [0.717, 1.165) is 38.2 Å². The molecule has 0 atom stereocenters.